The average Bonchev–Trinajstić information content (AvgIpc) is 3.07. The number of carbonyl (C=O) groups is 1. The standard InChI is InChI=1S/C22H23BrCl2N4O3/c1-5-32-21(31)18-19(29(12(2)3)22(23)27-18)17(13-6-8-14(24)9-7-13)26-16-10-15(25)11-28(4)20(16)30/h6-12,17,26H,5H2,1-4H3/t17-/m1/s1. The van der Waals surface area contributed by atoms with E-state index in [1.165, 1.54) is 10.8 Å². The number of benzene rings is 1. The van der Waals surface area contributed by atoms with Crippen LogP contribution in [0.15, 0.2) is 46.1 Å². The Kier molecular flexibility index (Phi) is 7.69. The molecule has 2 heterocycles. The van der Waals surface area contributed by atoms with E-state index < -0.39 is 12.0 Å². The van der Waals surface area contributed by atoms with E-state index in [1.54, 1.807) is 32.2 Å². The number of ether oxygens (including phenoxy) is 1. The van der Waals surface area contributed by atoms with Gasteiger partial charge >= 0.3 is 5.97 Å². The third kappa shape index (κ3) is 5.03. The van der Waals surface area contributed by atoms with E-state index in [4.69, 9.17) is 27.9 Å². The van der Waals surface area contributed by atoms with Crippen LogP contribution in [0, 0.1) is 0 Å². The van der Waals surface area contributed by atoms with Gasteiger partial charge in [-0.1, -0.05) is 35.3 Å². The molecule has 0 radical (unpaired) electrons. The summed E-state index contributed by atoms with van der Waals surface area (Å²) in [5, 5.41) is 4.24. The van der Waals surface area contributed by atoms with Gasteiger partial charge in [0.05, 0.1) is 23.4 Å². The van der Waals surface area contributed by atoms with Crippen molar-refractivity contribution in [3.8, 4) is 0 Å². The minimum absolute atomic E-state index is 0.0474. The molecule has 0 unspecified atom stereocenters. The summed E-state index contributed by atoms with van der Waals surface area (Å²) >= 11 is 15.8. The molecule has 1 N–H and O–H groups in total. The number of esters is 1. The van der Waals surface area contributed by atoms with Crippen LogP contribution < -0.4 is 10.9 Å². The summed E-state index contributed by atoms with van der Waals surface area (Å²) in [6.07, 6.45) is 1.53. The van der Waals surface area contributed by atoms with Gasteiger partial charge in [0.15, 0.2) is 10.4 Å². The van der Waals surface area contributed by atoms with Gasteiger partial charge < -0.3 is 19.2 Å². The number of rotatable bonds is 7. The van der Waals surface area contributed by atoms with Crippen molar-refractivity contribution in [2.24, 2.45) is 7.05 Å². The van der Waals surface area contributed by atoms with Gasteiger partial charge in [-0.05, 0) is 60.5 Å². The van der Waals surface area contributed by atoms with E-state index in [1.807, 2.05) is 30.5 Å². The van der Waals surface area contributed by atoms with Crippen molar-refractivity contribution in [2.75, 3.05) is 11.9 Å². The summed E-state index contributed by atoms with van der Waals surface area (Å²) in [4.78, 5) is 30.1. The van der Waals surface area contributed by atoms with Crippen LogP contribution in [-0.4, -0.2) is 26.7 Å². The van der Waals surface area contributed by atoms with Crippen LogP contribution in [0.5, 0.6) is 0 Å². The SMILES string of the molecule is CCOC(=O)c1nc(Br)n(C(C)C)c1[C@H](Nc1cc(Cl)cn(C)c1=O)c1ccc(Cl)cc1. The Labute approximate surface area is 204 Å². The Balaban J connectivity index is 2.28. The van der Waals surface area contributed by atoms with Gasteiger partial charge in [-0.2, -0.15) is 0 Å². The van der Waals surface area contributed by atoms with Crippen molar-refractivity contribution >= 4 is 50.8 Å². The van der Waals surface area contributed by atoms with Crippen molar-refractivity contribution < 1.29 is 9.53 Å². The van der Waals surface area contributed by atoms with E-state index in [-0.39, 0.29) is 29.6 Å². The summed E-state index contributed by atoms with van der Waals surface area (Å²) in [7, 11) is 1.62. The highest BCUT2D eigenvalue weighted by Gasteiger charge is 2.31. The van der Waals surface area contributed by atoms with Gasteiger partial charge in [-0.15, -0.1) is 0 Å². The molecule has 0 aliphatic carbocycles. The lowest BCUT2D eigenvalue weighted by molar-refractivity contribution is 0.0518. The number of pyridine rings is 1. The Morgan fingerprint density at radius 1 is 1.22 bits per heavy atom. The summed E-state index contributed by atoms with van der Waals surface area (Å²) in [5.74, 6) is -0.553. The molecule has 10 heteroatoms. The lowest BCUT2D eigenvalue weighted by Gasteiger charge is -2.25. The molecule has 7 nitrogen and oxygen atoms in total. The fourth-order valence-electron chi connectivity index (χ4n) is 3.43. The first-order valence-electron chi connectivity index (χ1n) is 9.96. The van der Waals surface area contributed by atoms with Crippen LogP contribution in [0.2, 0.25) is 10.0 Å². The van der Waals surface area contributed by atoms with E-state index in [0.717, 1.165) is 5.56 Å². The number of aromatic nitrogens is 3. The fraction of sp³-hybridized carbons (Fsp3) is 0.318. The predicted octanol–water partition coefficient (Wildman–Crippen LogP) is 5.61. The third-order valence-corrected chi connectivity index (χ3v) is 5.83. The highest BCUT2D eigenvalue weighted by Crippen LogP contribution is 2.34. The molecule has 0 aliphatic rings. The molecule has 2 aromatic heterocycles. The first-order chi connectivity index (χ1) is 15.1. The van der Waals surface area contributed by atoms with Crippen molar-refractivity contribution in [3.05, 3.63) is 78.6 Å². The molecule has 0 amide bonds. The van der Waals surface area contributed by atoms with E-state index in [0.29, 0.717) is 20.5 Å². The maximum Gasteiger partial charge on any atom is 0.358 e. The Morgan fingerprint density at radius 3 is 2.47 bits per heavy atom. The maximum atomic E-state index is 12.8. The van der Waals surface area contributed by atoms with Gasteiger partial charge in [0.1, 0.15) is 5.69 Å². The zero-order chi connectivity index (χ0) is 23.6. The number of carbonyl (C=O) groups excluding carboxylic acids is 1. The second kappa shape index (κ2) is 10.1. The minimum atomic E-state index is -0.626. The second-order valence-corrected chi connectivity index (χ2v) is 9.00. The minimum Gasteiger partial charge on any atom is -0.461 e. The molecular weight excluding hydrogens is 519 g/mol. The molecule has 3 rings (SSSR count). The molecule has 1 atom stereocenters. The van der Waals surface area contributed by atoms with Gasteiger partial charge in [-0.3, -0.25) is 4.79 Å². The number of hydrogen-bond acceptors (Lipinski definition) is 5. The summed E-state index contributed by atoms with van der Waals surface area (Å²) in [6, 6.07) is 8.04. The van der Waals surface area contributed by atoms with Crippen LogP contribution in [0.3, 0.4) is 0 Å². The Bertz CT molecular complexity index is 1190. The Morgan fingerprint density at radius 2 is 1.88 bits per heavy atom. The van der Waals surface area contributed by atoms with Crippen LogP contribution in [0.25, 0.3) is 0 Å². The molecule has 32 heavy (non-hydrogen) atoms. The molecule has 1 aromatic carbocycles. The van der Waals surface area contributed by atoms with Crippen LogP contribution in [-0.2, 0) is 11.8 Å². The number of nitrogens with zero attached hydrogens (tertiary/aromatic N) is 3. The van der Waals surface area contributed by atoms with Crippen molar-refractivity contribution in [1.29, 1.82) is 0 Å². The monoisotopic (exact) mass is 540 g/mol. The van der Waals surface area contributed by atoms with Crippen LogP contribution >= 0.6 is 39.1 Å². The van der Waals surface area contributed by atoms with Gasteiger partial charge in [-0.25, -0.2) is 9.78 Å². The maximum absolute atomic E-state index is 12.8. The topological polar surface area (TPSA) is 78.2 Å². The largest absolute Gasteiger partial charge is 0.461 e. The smallest absolute Gasteiger partial charge is 0.358 e. The highest BCUT2D eigenvalue weighted by atomic mass is 79.9. The number of nitrogens with one attached hydrogen (secondary N) is 1. The predicted molar refractivity (Wildman–Crippen MR) is 130 cm³/mol. The zero-order valence-corrected chi connectivity index (χ0v) is 21.1. The normalized spacial score (nSPS) is 12.1. The van der Waals surface area contributed by atoms with E-state index in [9.17, 15) is 9.59 Å². The van der Waals surface area contributed by atoms with Gasteiger partial charge in [0.2, 0.25) is 0 Å². The van der Waals surface area contributed by atoms with E-state index >= 15 is 0 Å². The molecule has 0 saturated carbocycles. The summed E-state index contributed by atoms with van der Waals surface area (Å²) < 4.78 is 9.02. The lowest BCUT2D eigenvalue weighted by atomic mass is 10.0. The Hall–Kier alpha value is -2.29. The van der Waals surface area contributed by atoms with Gasteiger partial charge in [0.25, 0.3) is 5.56 Å². The van der Waals surface area contributed by atoms with Crippen LogP contribution in [0.4, 0.5) is 5.69 Å². The number of hydrogen-bond donors (Lipinski definition) is 1. The van der Waals surface area contributed by atoms with Gasteiger partial charge in [0, 0.05) is 24.3 Å². The molecule has 0 saturated heterocycles. The quantitative estimate of drug-likeness (QED) is 0.393. The molecule has 0 aliphatic heterocycles. The summed E-state index contributed by atoms with van der Waals surface area (Å²) in [5.41, 5.74) is 1.49. The van der Waals surface area contributed by atoms with Crippen molar-refractivity contribution in [1.82, 2.24) is 14.1 Å². The molecule has 170 valence electrons. The molecule has 3 aromatic rings. The molecule has 0 fully saturated rings. The number of anilines is 1. The van der Waals surface area contributed by atoms with Crippen molar-refractivity contribution in [2.45, 2.75) is 32.9 Å². The van der Waals surface area contributed by atoms with E-state index in [2.05, 4.69) is 26.2 Å². The highest BCUT2D eigenvalue weighted by molar-refractivity contribution is 9.10. The molecule has 0 bridgehead atoms. The second-order valence-electron chi connectivity index (χ2n) is 7.42. The first-order valence-corrected chi connectivity index (χ1v) is 11.5. The number of aryl methyl sites for hydroxylation is 1. The third-order valence-electron chi connectivity index (χ3n) is 4.82. The first kappa shape index (κ1) is 24.4. The summed E-state index contributed by atoms with van der Waals surface area (Å²) in [6.45, 7) is 5.89. The zero-order valence-electron chi connectivity index (χ0n) is 18.0. The number of imidazole rings is 1. The molecular formula is C22H23BrCl2N4O3. The van der Waals surface area contributed by atoms with Crippen molar-refractivity contribution in [3.63, 3.8) is 0 Å². The lowest BCUT2D eigenvalue weighted by Crippen LogP contribution is -2.26. The average molecular weight is 542 g/mol. The van der Waals surface area contributed by atoms with Crippen LogP contribution in [0.1, 0.15) is 54.6 Å². The number of halogens is 3. The fourth-order valence-corrected chi connectivity index (χ4v) is 4.59. The molecule has 0 spiro atoms.